The summed E-state index contributed by atoms with van der Waals surface area (Å²) in [5, 5.41) is 3.91. The van der Waals surface area contributed by atoms with E-state index in [1.54, 1.807) is 44.2 Å². The molecule has 37 heavy (non-hydrogen) atoms. The number of azide groups is 1. The lowest BCUT2D eigenvalue weighted by molar-refractivity contribution is -0.136. The number of carbonyl (C=O) groups is 1. The molecule has 0 spiro atoms. The van der Waals surface area contributed by atoms with E-state index in [9.17, 15) is 13.2 Å². The van der Waals surface area contributed by atoms with Gasteiger partial charge in [-0.3, -0.25) is 0 Å². The van der Waals surface area contributed by atoms with E-state index < -0.39 is 16.0 Å². The van der Waals surface area contributed by atoms with Crippen molar-refractivity contribution in [2.24, 2.45) is 5.11 Å². The largest absolute Gasteiger partial charge is 0.487 e. The summed E-state index contributed by atoms with van der Waals surface area (Å²) in [6.07, 6.45) is 2.56. The molecule has 0 unspecified atom stereocenters. The molecular formula is C27H24N4O5S. The van der Waals surface area contributed by atoms with Gasteiger partial charge in [-0.05, 0) is 60.3 Å². The van der Waals surface area contributed by atoms with E-state index in [2.05, 4.69) is 10.0 Å². The zero-order valence-corrected chi connectivity index (χ0v) is 21.1. The normalized spacial score (nSPS) is 11.7. The van der Waals surface area contributed by atoms with Crippen molar-refractivity contribution in [3.05, 3.63) is 112 Å². The van der Waals surface area contributed by atoms with Gasteiger partial charge in [-0.2, -0.15) is 0 Å². The molecule has 0 saturated heterocycles. The van der Waals surface area contributed by atoms with Gasteiger partial charge in [0.1, 0.15) is 17.9 Å². The fourth-order valence-corrected chi connectivity index (χ4v) is 5.44. The van der Waals surface area contributed by atoms with Crippen molar-refractivity contribution in [3.63, 3.8) is 0 Å². The van der Waals surface area contributed by atoms with Crippen LogP contribution in [0.15, 0.2) is 95.2 Å². The van der Waals surface area contributed by atoms with Crippen molar-refractivity contribution in [1.29, 1.82) is 0 Å². The van der Waals surface area contributed by atoms with Crippen LogP contribution in [0.2, 0.25) is 0 Å². The number of carbonyl (C=O) groups excluding carboxylic acids is 1. The summed E-state index contributed by atoms with van der Waals surface area (Å²) < 4.78 is 39.9. The lowest BCUT2D eigenvalue weighted by Gasteiger charge is -2.15. The summed E-state index contributed by atoms with van der Waals surface area (Å²) in [5.74, 6) is -0.394. The molecule has 0 aliphatic carbocycles. The Bertz CT molecular complexity index is 1620. The van der Waals surface area contributed by atoms with Gasteiger partial charge in [-0.25, -0.2) is 17.2 Å². The second-order valence-electron chi connectivity index (χ2n) is 8.00. The maximum atomic E-state index is 13.7. The maximum absolute atomic E-state index is 13.7. The van der Waals surface area contributed by atoms with Gasteiger partial charge in [0.05, 0.1) is 17.1 Å². The van der Waals surface area contributed by atoms with Crippen molar-refractivity contribution in [2.75, 3.05) is 6.61 Å². The molecule has 10 heteroatoms. The summed E-state index contributed by atoms with van der Waals surface area (Å²) >= 11 is 0. The van der Waals surface area contributed by atoms with E-state index in [0.29, 0.717) is 22.3 Å². The molecule has 1 aromatic heterocycles. The SMILES string of the molecule is CCOC(=O)/C(=C/N=[N+]=[N-])c1ccc(OCc2ccccc2)c2c1c(C)cn2S(=O)(=O)c1ccccc1. The Morgan fingerprint density at radius 3 is 2.38 bits per heavy atom. The summed E-state index contributed by atoms with van der Waals surface area (Å²) in [6, 6.07) is 20.7. The molecule has 0 fully saturated rings. The highest BCUT2D eigenvalue weighted by molar-refractivity contribution is 7.90. The third kappa shape index (κ3) is 5.20. The molecule has 0 bridgehead atoms. The highest BCUT2D eigenvalue weighted by atomic mass is 32.2. The van der Waals surface area contributed by atoms with Crippen molar-refractivity contribution < 1.29 is 22.7 Å². The monoisotopic (exact) mass is 516 g/mol. The molecule has 188 valence electrons. The molecule has 0 amide bonds. The van der Waals surface area contributed by atoms with Crippen LogP contribution in [0, 0.1) is 6.92 Å². The molecule has 0 aliphatic heterocycles. The number of rotatable bonds is 9. The number of benzene rings is 3. The highest BCUT2D eigenvalue weighted by Gasteiger charge is 2.27. The summed E-state index contributed by atoms with van der Waals surface area (Å²) in [6.45, 7) is 3.70. The van der Waals surface area contributed by atoms with Gasteiger partial charge < -0.3 is 9.47 Å². The Hall–Kier alpha value is -4.53. The van der Waals surface area contributed by atoms with Gasteiger partial charge in [-0.15, -0.1) is 0 Å². The third-order valence-corrected chi connectivity index (χ3v) is 7.30. The lowest BCUT2D eigenvalue weighted by atomic mass is 9.99. The van der Waals surface area contributed by atoms with Crippen LogP contribution in [0.1, 0.15) is 23.6 Å². The number of ether oxygens (including phenoxy) is 2. The van der Waals surface area contributed by atoms with Crippen LogP contribution < -0.4 is 4.74 Å². The average Bonchev–Trinajstić information content (AvgIpc) is 3.28. The van der Waals surface area contributed by atoms with Crippen molar-refractivity contribution in [1.82, 2.24) is 3.97 Å². The molecule has 0 saturated carbocycles. The molecule has 4 rings (SSSR count). The molecule has 0 atom stereocenters. The zero-order chi connectivity index (χ0) is 26.4. The Morgan fingerprint density at radius 2 is 1.73 bits per heavy atom. The molecule has 0 radical (unpaired) electrons. The first-order chi connectivity index (χ1) is 17.9. The summed E-state index contributed by atoms with van der Waals surface area (Å²) in [4.78, 5) is 15.6. The van der Waals surface area contributed by atoms with E-state index in [4.69, 9.17) is 15.0 Å². The third-order valence-electron chi connectivity index (χ3n) is 5.63. The van der Waals surface area contributed by atoms with Gasteiger partial charge >= 0.3 is 5.97 Å². The second kappa shape index (κ2) is 11.0. The standard InChI is InChI=1S/C27H24N4O5S/c1-3-35-27(32)23(16-29-30-28)22-14-15-24(36-18-20-10-6-4-7-11-20)26-25(22)19(2)17-31(26)37(33,34)21-12-8-5-9-13-21/h4-17H,3,18H2,1-2H3/b23-16+. The van der Waals surface area contributed by atoms with Gasteiger partial charge in [0.15, 0.2) is 0 Å². The van der Waals surface area contributed by atoms with Crippen LogP contribution >= 0.6 is 0 Å². The predicted molar refractivity (Wildman–Crippen MR) is 140 cm³/mol. The van der Waals surface area contributed by atoms with Gasteiger partial charge in [0.2, 0.25) is 0 Å². The molecule has 4 aromatic rings. The van der Waals surface area contributed by atoms with Crippen LogP contribution in [0.5, 0.6) is 5.75 Å². The summed E-state index contributed by atoms with van der Waals surface area (Å²) in [5.41, 5.74) is 10.9. The van der Waals surface area contributed by atoms with E-state index in [-0.39, 0.29) is 29.2 Å². The second-order valence-corrected chi connectivity index (χ2v) is 9.82. The number of esters is 1. The van der Waals surface area contributed by atoms with Crippen LogP contribution in [0.3, 0.4) is 0 Å². The Labute approximate surface area is 214 Å². The molecule has 3 aromatic carbocycles. The quantitative estimate of drug-likeness (QED) is 0.0890. The van der Waals surface area contributed by atoms with Crippen molar-refractivity contribution in [2.45, 2.75) is 25.3 Å². The Morgan fingerprint density at radius 1 is 1.05 bits per heavy atom. The van der Waals surface area contributed by atoms with E-state index >= 15 is 0 Å². The summed E-state index contributed by atoms with van der Waals surface area (Å²) in [7, 11) is -4.02. The highest BCUT2D eigenvalue weighted by Crippen LogP contribution is 2.38. The minimum absolute atomic E-state index is 0.00258. The zero-order valence-electron chi connectivity index (χ0n) is 20.2. The minimum atomic E-state index is -4.02. The first kappa shape index (κ1) is 25.6. The number of aryl methyl sites for hydroxylation is 1. The Kier molecular flexibility index (Phi) is 7.62. The average molecular weight is 517 g/mol. The molecule has 0 aliphatic rings. The number of hydrogen-bond donors (Lipinski definition) is 0. The number of hydrogen-bond acceptors (Lipinski definition) is 6. The van der Waals surface area contributed by atoms with E-state index in [1.165, 1.54) is 18.3 Å². The molecule has 9 nitrogen and oxygen atoms in total. The van der Waals surface area contributed by atoms with Crippen LogP contribution in [-0.2, 0) is 26.2 Å². The molecule has 0 N–H and O–H groups in total. The number of nitrogens with zero attached hydrogens (tertiary/aromatic N) is 4. The maximum Gasteiger partial charge on any atom is 0.338 e. The molecular weight excluding hydrogens is 492 g/mol. The number of aromatic nitrogens is 1. The van der Waals surface area contributed by atoms with Crippen LogP contribution in [-0.4, -0.2) is 25.0 Å². The van der Waals surface area contributed by atoms with Crippen molar-refractivity contribution in [3.8, 4) is 5.75 Å². The smallest absolute Gasteiger partial charge is 0.338 e. The van der Waals surface area contributed by atoms with Gasteiger partial charge in [0.25, 0.3) is 10.0 Å². The first-order valence-electron chi connectivity index (χ1n) is 11.4. The first-order valence-corrected chi connectivity index (χ1v) is 12.9. The molecule has 1 heterocycles. The van der Waals surface area contributed by atoms with E-state index in [1.807, 2.05) is 30.3 Å². The minimum Gasteiger partial charge on any atom is -0.487 e. The lowest BCUT2D eigenvalue weighted by Crippen LogP contribution is -2.13. The van der Waals surface area contributed by atoms with Crippen LogP contribution in [0.25, 0.3) is 26.9 Å². The van der Waals surface area contributed by atoms with Gasteiger partial charge in [-0.1, -0.05) is 53.6 Å². The fraction of sp³-hybridized carbons (Fsp3) is 0.148. The van der Waals surface area contributed by atoms with Crippen LogP contribution in [0.4, 0.5) is 0 Å². The van der Waals surface area contributed by atoms with E-state index in [0.717, 1.165) is 15.7 Å². The fourth-order valence-electron chi connectivity index (χ4n) is 3.99. The van der Waals surface area contributed by atoms with Crippen molar-refractivity contribution >= 4 is 32.5 Å². The Balaban J connectivity index is 1.99. The predicted octanol–water partition coefficient (Wildman–Crippen LogP) is 5.98. The topological polar surface area (TPSA) is 123 Å². The van der Waals surface area contributed by atoms with Gasteiger partial charge in [0, 0.05) is 22.7 Å². The number of fused-ring (bicyclic) bond motifs is 1.